The van der Waals surface area contributed by atoms with Gasteiger partial charge >= 0.3 is 0 Å². The number of fused-ring (bicyclic) bond motifs is 2. The number of nitrogens with zero attached hydrogens (tertiary/aromatic N) is 5. The van der Waals surface area contributed by atoms with Crippen LogP contribution in [0.5, 0.6) is 0 Å². The van der Waals surface area contributed by atoms with Gasteiger partial charge < -0.3 is 14.9 Å². The number of anilines is 3. The molecule has 3 aliphatic heterocycles. The standard InChI is InChI=1S/C30H38Cl2N6OS2.CH2O2/c1-4-6-21(5-2)37-15-23-13-22(37)16-38(23)29-26(25-12-20(31)17-40-25)34-30(41-29)35-28(39)19-11-24(32)27(33-14-19)36-9-7-18(3)8-10-36;2-1-3/h11-12,14,17-18,21-23H,4-10,13,15-16H2,1-3H3,(H,34,35,39);1H,(H,2,3). The van der Waals surface area contributed by atoms with E-state index in [9.17, 15) is 4.79 Å². The Morgan fingerprint density at radius 1 is 1.20 bits per heavy atom. The van der Waals surface area contributed by atoms with Gasteiger partial charge in [0.1, 0.15) is 16.5 Å². The fourth-order valence-corrected chi connectivity index (χ4v) is 9.14. The first kappa shape index (κ1) is 32.9. The Bertz CT molecular complexity index is 1440. The maximum absolute atomic E-state index is 13.3. The van der Waals surface area contributed by atoms with Crippen molar-refractivity contribution in [2.24, 2.45) is 5.92 Å². The van der Waals surface area contributed by atoms with Gasteiger partial charge in [0.2, 0.25) is 0 Å². The third kappa shape index (κ3) is 7.17. The number of aromatic nitrogens is 2. The molecule has 3 fully saturated rings. The molecule has 13 heteroatoms. The number of hydrogen-bond donors (Lipinski definition) is 2. The summed E-state index contributed by atoms with van der Waals surface area (Å²) in [6.07, 6.45) is 8.72. The number of piperazine rings is 1. The highest BCUT2D eigenvalue weighted by molar-refractivity contribution is 7.21. The molecule has 3 atom stereocenters. The summed E-state index contributed by atoms with van der Waals surface area (Å²) in [5.41, 5.74) is 1.33. The van der Waals surface area contributed by atoms with E-state index in [1.807, 2.05) is 11.4 Å². The van der Waals surface area contributed by atoms with E-state index in [4.69, 9.17) is 38.1 Å². The predicted molar refractivity (Wildman–Crippen MR) is 182 cm³/mol. The predicted octanol–water partition coefficient (Wildman–Crippen LogP) is 7.60. The first-order chi connectivity index (χ1) is 21.3. The quantitative estimate of drug-likeness (QED) is 0.223. The van der Waals surface area contributed by atoms with Crippen molar-refractivity contribution >= 4 is 74.2 Å². The molecular weight excluding hydrogens is 639 g/mol. The summed E-state index contributed by atoms with van der Waals surface area (Å²) in [5, 5.41) is 14.8. The smallest absolute Gasteiger partial charge is 0.290 e. The van der Waals surface area contributed by atoms with Crippen molar-refractivity contribution in [2.75, 3.05) is 41.3 Å². The van der Waals surface area contributed by atoms with Crippen LogP contribution in [0.1, 0.15) is 69.7 Å². The molecule has 0 saturated carbocycles. The number of thiophene rings is 1. The van der Waals surface area contributed by atoms with Crippen LogP contribution in [0.3, 0.4) is 0 Å². The minimum atomic E-state index is -0.256. The fraction of sp³-hybridized carbons (Fsp3) is 0.548. The molecule has 1 amide bonds. The van der Waals surface area contributed by atoms with E-state index in [2.05, 4.69) is 45.8 Å². The van der Waals surface area contributed by atoms with Crippen LogP contribution in [-0.2, 0) is 4.79 Å². The number of halogens is 2. The molecule has 3 aromatic heterocycles. The molecule has 238 valence electrons. The highest BCUT2D eigenvalue weighted by Gasteiger charge is 2.46. The number of rotatable bonds is 9. The van der Waals surface area contributed by atoms with Crippen molar-refractivity contribution in [3.8, 4) is 10.6 Å². The number of likely N-dealkylation sites (tertiary alicyclic amines) is 1. The van der Waals surface area contributed by atoms with Crippen molar-refractivity contribution in [1.82, 2.24) is 14.9 Å². The van der Waals surface area contributed by atoms with Gasteiger partial charge in [-0.15, -0.1) is 11.3 Å². The Kier molecular flexibility index (Phi) is 11.1. The number of nitrogens with one attached hydrogen (secondary N) is 1. The maximum Gasteiger partial charge on any atom is 0.290 e. The zero-order valence-corrected chi connectivity index (χ0v) is 28.5. The van der Waals surface area contributed by atoms with Crippen molar-refractivity contribution in [3.05, 3.63) is 39.3 Å². The van der Waals surface area contributed by atoms with Crippen LogP contribution in [0.2, 0.25) is 10.0 Å². The molecule has 3 unspecified atom stereocenters. The molecule has 9 nitrogen and oxygen atoms in total. The first-order valence-electron chi connectivity index (χ1n) is 15.3. The van der Waals surface area contributed by atoms with Crippen LogP contribution in [0.4, 0.5) is 16.0 Å². The van der Waals surface area contributed by atoms with E-state index in [0.717, 1.165) is 66.3 Å². The number of piperidine rings is 1. The lowest BCUT2D eigenvalue weighted by Gasteiger charge is -2.39. The van der Waals surface area contributed by atoms with Gasteiger partial charge in [0.15, 0.2) is 5.13 Å². The third-order valence-corrected chi connectivity index (χ3v) is 11.5. The lowest BCUT2D eigenvalue weighted by Crippen LogP contribution is -2.50. The van der Waals surface area contributed by atoms with Crippen LogP contribution in [0.15, 0.2) is 23.7 Å². The highest BCUT2D eigenvalue weighted by atomic mass is 35.5. The van der Waals surface area contributed by atoms with Crippen LogP contribution in [-0.4, -0.2) is 76.7 Å². The average Bonchev–Trinajstić information content (AvgIpc) is 3.81. The molecule has 3 aliphatic rings. The Hall–Kier alpha value is -2.44. The number of carbonyl (C=O) groups excluding carboxylic acids is 1. The zero-order chi connectivity index (χ0) is 31.4. The number of hydrogen-bond acceptors (Lipinski definition) is 9. The van der Waals surface area contributed by atoms with Crippen LogP contribution < -0.4 is 15.1 Å². The molecule has 6 rings (SSSR count). The largest absolute Gasteiger partial charge is 0.483 e. The van der Waals surface area contributed by atoms with Gasteiger partial charge in [-0.05, 0) is 50.2 Å². The molecule has 0 spiro atoms. The zero-order valence-electron chi connectivity index (χ0n) is 25.3. The summed E-state index contributed by atoms with van der Waals surface area (Å²) < 4.78 is 0. The van der Waals surface area contributed by atoms with Gasteiger partial charge in [-0.3, -0.25) is 19.8 Å². The summed E-state index contributed by atoms with van der Waals surface area (Å²) in [7, 11) is 0. The average molecular weight is 680 g/mol. The molecule has 3 aromatic rings. The molecule has 6 heterocycles. The summed E-state index contributed by atoms with van der Waals surface area (Å²) >= 11 is 16.1. The molecule has 0 aromatic carbocycles. The topological polar surface area (TPSA) is 102 Å². The molecule has 44 heavy (non-hydrogen) atoms. The summed E-state index contributed by atoms with van der Waals surface area (Å²) in [4.78, 5) is 39.7. The fourth-order valence-electron chi connectivity index (χ4n) is 6.67. The summed E-state index contributed by atoms with van der Waals surface area (Å²) in [6, 6.07) is 5.37. The number of thiazole rings is 1. The normalized spacial score (nSPS) is 20.8. The van der Waals surface area contributed by atoms with E-state index in [0.29, 0.717) is 38.9 Å². The Balaban J connectivity index is 0.00000123. The lowest BCUT2D eigenvalue weighted by molar-refractivity contribution is -0.122. The summed E-state index contributed by atoms with van der Waals surface area (Å²) in [6.45, 7) is 10.6. The second-order valence-corrected chi connectivity index (χ2v) is 14.5. The van der Waals surface area contributed by atoms with Crippen molar-refractivity contribution in [3.63, 3.8) is 0 Å². The van der Waals surface area contributed by atoms with Gasteiger partial charge in [-0.2, -0.15) is 0 Å². The lowest BCUT2D eigenvalue weighted by atomic mass is 9.99. The van der Waals surface area contributed by atoms with E-state index in [1.54, 1.807) is 34.9 Å². The van der Waals surface area contributed by atoms with E-state index >= 15 is 0 Å². The second kappa shape index (κ2) is 14.8. The van der Waals surface area contributed by atoms with Crippen LogP contribution in [0, 0.1) is 5.92 Å². The van der Waals surface area contributed by atoms with Crippen molar-refractivity contribution in [1.29, 1.82) is 0 Å². The summed E-state index contributed by atoms with van der Waals surface area (Å²) in [5.74, 6) is 1.22. The molecule has 3 saturated heterocycles. The second-order valence-electron chi connectivity index (χ2n) is 11.8. The minimum absolute atomic E-state index is 0.250. The Morgan fingerprint density at radius 2 is 1.95 bits per heavy atom. The molecule has 2 N–H and O–H groups in total. The van der Waals surface area contributed by atoms with Gasteiger partial charge in [0.05, 0.1) is 20.5 Å². The van der Waals surface area contributed by atoms with E-state index < -0.39 is 0 Å². The van der Waals surface area contributed by atoms with Gasteiger partial charge in [-0.1, -0.05) is 61.7 Å². The number of carbonyl (C=O) groups is 2. The maximum atomic E-state index is 13.3. The minimum Gasteiger partial charge on any atom is -0.483 e. The SMILES string of the molecule is CCCC(CC)N1CC2CC1CN2c1sc(NC(=O)c2cnc(N3CCC(C)CC3)c(Cl)c2)nc1-c1cc(Cl)cs1.O=CO. The van der Waals surface area contributed by atoms with Crippen molar-refractivity contribution in [2.45, 2.75) is 77.4 Å². The molecular formula is C31H40Cl2N6O3S2. The molecule has 0 aliphatic carbocycles. The number of amides is 1. The Morgan fingerprint density at radius 3 is 2.55 bits per heavy atom. The van der Waals surface area contributed by atoms with Crippen molar-refractivity contribution < 1.29 is 14.7 Å². The number of pyridine rings is 1. The monoisotopic (exact) mass is 678 g/mol. The third-order valence-electron chi connectivity index (χ3n) is 8.90. The van der Waals surface area contributed by atoms with E-state index in [1.165, 1.54) is 25.7 Å². The van der Waals surface area contributed by atoms with E-state index in [-0.39, 0.29) is 12.4 Å². The van der Waals surface area contributed by atoms with Crippen LogP contribution >= 0.6 is 45.9 Å². The highest BCUT2D eigenvalue weighted by Crippen LogP contribution is 2.47. The van der Waals surface area contributed by atoms with Gasteiger partial charge in [0, 0.05) is 55.9 Å². The van der Waals surface area contributed by atoms with Crippen LogP contribution in [0.25, 0.3) is 10.6 Å². The van der Waals surface area contributed by atoms with Gasteiger partial charge in [-0.25, -0.2) is 9.97 Å². The number of carboxylic acid groups (broad SMARTS) is 1. The Labute approximate surface area is 277 Å². The first-order valence-corrected chi connectivity index (χ1v) is 17.8. The molecule has 0 radical (unpaired) electrons. The molecule has 2 bridgehead atoms. The van der Waals surface area contributed by atoms with Gasteiger partial charge in [0.25, 0.3) is 12.4 Å².